The first-order valence-corrected chi connectivity index (χ1v) is 9.66. The molecule has 30 heavy (non-hydrogen) atoms. The first-order valence-electron chi connectivity index (χ1n) is 9.66. The summed E-state index contributed by atoms with van der Waals surface area (Å²) in [5.41, 5.74) is -2.37. The van der Waals surface area contributed by atoms with Crippen LogP contribution in [-0.4, -0.2) is 27.4 Å². The van der Waals surface area contributed by atoms with E-state index in [2.05, 4.69) is 0 Å². The van der Waals surface area contributed by atoms with Gasteiger partial charge in [-0.05, 0) is 19.1 Å². The summed E-state index contributed by atoms with van der Waals surface area (Å²) in [6.07, 6.45) is 1.39. The highest BCUT2D eigenvalue weighted by atomic mass is 16.4. The van der Waals surface area contributed by atoms with Crippen LogP contribution in [0.15, 0.2) is 90.6 Å². The summed E-state index contributed by atoms with van der Waals surface area (Å²) in [7, 11) is 0. The molecule has 0 aromatic heterocycles. The zero-order valence-corrected chi connectivity index (χ0v) is 16.2. The maximum atomic E-state index is 13.4. The number of para-hydroxylation sites is 1. The van der Waals surface area contributed by atoms with Gasteiger partial charge in [0.25, 0.3) is 0 Å². The number of carbonyl (C=O) groups excluding carboxylic acids is 2. The molecule has 5 rings (SSSR count). The standard InChI is InChI=1S/C25H19NO4/c1-16-11-13-17(14-12-16)22(27)21-15-26(18-7-3-2-4-8-18)25(30)20-10-6-5-9-19(20)23(28)24(21,25)29/h2-15,29-30H,1H3/t24-,25+/m0/s1. The zero-order valence-electron chi connectivity index (χ0n) is 16.2. The van der Waals surface area contributed by atoms with E-state index in [1.165, 1.54) is 11.1 Å². The molecule has 1 heterocycles. The SMILES string of the molecule is Cc1ccc(C(=O)C2=CN(c3ccccc3)[C@@]3(O)c4ccccc4C(=O)[C@@]23O)cc1. The topological polar surface area (TPSA) is 77.8 Å². The minimum Gasteiger partial charge on any atom is -0.372 e. The molecule has 1 aliphatic heterocycles. The van der Waals surface area contributed by atoms with Crippen molar-refractivity contribution in [3.05, 3.63) is 113 Å². The first kappa shape index (κ1) is 18.5. The third-order valence-corrected chi connectivity index (χ3v) is 5.97. The number of hydrogen-bond acceptors (Lipinski definition) is 5. The van der Waals surface area contributed by atoms with E-state index in [4.69, 9.17) is 0 Å². The average molecular weight is 397 g/mol. The van der Waals surface area contributed by atoms with Gasteiger partial charge in [0.15, 0.2) is 5.78 Å². The lowest BCUT2D eigenvalue weighted by Gasteiger charge is -2.39. The predicted molar refractivity (Wildman–Crippen MR) is 112 cm³/mol. The van der Waals surface area contributed by atoms with Crippen molar-refractivity contribution in [1.82, 2.24) is 0 Å². The third kappa shape index (κ3) is 2.19. The number of carbonyl (C=O) groups is 2. The molecule has 0 saturated heterocycles. The average Bonchev–Trinajstić information content (AvgIpc) is 3.12. The smallest absolute Gasteiger partial charge is 0.211 e. The van der Waals surface area contributed by atoms with Gasteiger partial charge in [0, 0.05) is 28.6 Å². The second kappa shape index (κ2) is 6.23. The second-order valence-electron chi connectivity index (χ2n) is 7.70. The zero-order chi connectivity index (χ0) is 21.1. The molecule has 0 fully saturated rings. The highest BCUT2D eigenvalue weighted by Crippen LogP contribution is 2.55. The van der Waals surface area contributed by atoms with E-state index in [0.717, 1.165) is 5.56 Å². The summed E-state index contributed by atoms with van der Waals surface area (Å²) in [5, 5.41) is 23.6. The van der Waals surface area contributed by atoms with Crippen LogP contribution in [0.5, 0.6) is 0 Å². The van der Waals surface area contributed by atoms with Crippen LogP contribution in [-0.2, 0) is 5.72 Å². The number of anilines is 1. The Morgan fingerprint density at radius 3 is 2.20 bits per heavy atom. The van der Waals surface area contributed by atoms with Gasteiger partial charge in [0.2, 0.25) is 17.1 Å². The van der Waals surface area contributed by atoms with Gasteiger partial charge >= 0.3 is 0 Å². The predicted octanol–water partition coefficient (Wildman–Crippen LogP) is 3.35. The van der Waals surface area contributed by atoms with Gasteiger partial charge in [0.05, 0.1) is 5.57 Å². The molecule has 0 amide bonds. The molecular formula is C25H19NO4. The minimum absolute atomic E-state index is 0.154. The van der Waals surface area contributed by atoms with Gasteiger partial charge in [0.1, 0.15) is 0 Å². The second-order valence-corrected chi connectivity index (χ2v) is 7.70. The Morgan fingerprint density at radius 2 is 1.50 bits per heavy atom. The molecule has 148 valence electrons. The Kier molecular flexibility index (Phi) is 3.84. The Labute approximate surface area is 173 Å². The fourth-order valence-corrected chi connectivity index (χ4v) is 4.40. The van der Waals surface area contributed by atoms with Crippen LogP contribution in [0.1, 0.15) is 31.8 Å². The van der Waals surface area contributed by atoms with E-state index in [9.17, 15) is 19.8 Å². The van der Waals surface area contributed by atoms with E-state index >= 15 is 0 Å². The molecule has 0 radical (unpaired) electrons. The summed E-state index contributed by atoms with van der Waals surface area (Å²) in [5.74, 6) is -1.19. The number of fused-ring (bicyclic) bond motifs is 3. The Hall–Kier alpha value is -3.54. The van der Waals surface area contributed by atoms with Crippen LogP contribution >= 0.6 is 0 Å². The van der Waals surface area contributed by atoms with Crippen molar-refractivity contribution in [2.24, 2.45) is 0 Å². The number of rotatable bonds is 3. The fourth-order valence-electron chi connectivity index (χ4n) is 4.40. The van der Waals surface area contributed by atoms with Crippen molar-refractivity contribution in [1.29, 1.82) is 0 Å². The van der Waals surface area contributed by atoms with Crippen molar-refractivity contribution >= 4 is 17.3 Å². The summed E-state index contributed by atoms with van der Waals surface area (Å²) in [4.78, 5) is 28.2. The van der Waals surface area contributed by atoms with Crippen LogP contribution in [0.4, 0.5) is 5.69 Å². The van der Waals surface area contributed by atoms with Crippen molar-refractivity contribution in [3.63, 3.8) is 0 Å². The van der Waals surface area contributed by atoms with Gasteiger partial charge in [-0.2, -0.15) is 0 Å². The molecule has 0 spiro atoms. The van der Waals surface area contributed by atoms with Gasteiger partial charge < -0.3 is 15.1 Å². The molecular weight excluding hydrogens is 378 g/mol. The summed E-state index contributed by atoms with van der Waals surface area (Å²) in [6.45, 7) is 1.91. The lowest BCUT2D eigenvalue weighted by Crippen LogP contribution is -2.57. The monoisotopic (exact) mass is 397 g/mol. The van der Waals surface area contributed by atoms with Gasteiger partial charge in [-0.3, -0.25) is 9.59 Å². The minimum atomic E-state index is -2.42. The Morgan fingerprint density at radius 1 is 0.867 bits per heavy atom. The molecule has 5 heteroatoms. The van der Waals surface area contributed by atoms with Crippen molar-refractivity contribution in [2.45, 2.75) is 18.2 Å². The normalized spacial score (nSPS) is 24.4. The highest BCUT2D eigenvalue weighted by molar-refractivity contribution is 6.22. The summed E-state index contributed by atoms with van der Waals surface area (Å²) < 4.78 is 0. The van der Waals surface area contributed by atoms with E-state index in [1.54, 1.807) is 72.8 Å². The van der Waals surface area contributed by atoms with Crippen molar-refractivity contribution < 1.29 is 19.8 Å². The molecule has 0 saturated carbocycles. The Balaban J connectivity index is 1.75. The summed E-state index contributed by atoms with van der Waals surface area (Å²) in [6, 6.07) is 22.3. The van der Waals surface area contributed by atoms with Crippen molar-refractivity contribution in [3.8, 4) is 0 Å². The number of Topliss-reactive ketones (excluding diaryl/α,β-unsaturated/α-hetero) is 2. The third-order valence-electron chi connectivity index (χ3n) is 5.97. The fraction of sp³-hybridized carbons (Fsp3) is 0.120. The van der Waals surface area contributed by atoms with E-state index in [-0.39, 0.29) is 16.7 Å². The Bertz CT molecular complexity index is 1220. The number of aliphatic hydroxyl groups is 2. The van der Waals surface area contributed by atoms with Gasteiger partial charge in [-0.1, -0.05) is 72.3 Å². The number of nitrogens with zero attached hydrogens (tertiary/aromatic N) is 1. The summed E-state index contributed by atoms with van der Waals surface area (Å²) >= 11 is 0. The number of benzene rings is 3. The molecule has 2 aliphatic rings. The van der Waals surface area contributed by atoms with Crippen molar-refractivity contribution in [2.75, 3.05) is 4.90 Å². The number of ketones is 2. The molecule has 0 bridgehead atoms. The van der Waals surface area contributed by atoms with Gasteiger partial charge in [-0.15, -0.1) is 0 Å². The maximum absolute atomic E-state index is 13.4. The quantitative estimate of drug-likeness (QED) is 0.663. The number of hydrogen-bond donors (Lipinski definition) is 2. The molecule has 3 aromatic rings. The van der Waals surface area contributed by atoms with E-state index < -0.39 is 22.9 Å². The first-order chi connectivity index (χ1) is 14.4. The molecule has 2 atom stereocenters. The molecule has 1 aliphatic carbocycles. The highest BCUT2D eigenvalue weighted by Gasteiger charge is 2.71. The molecule has 0 unspecified atom stereocenters. The molecule has 2 N–H and O–H groups in total. The lowest BCUT2D eigenvalue weighted by atomic mass is 9.82. The van der Waals surface area contributed by atoms with Gasteiger partial charge in [-0.25, -0.2) is 0 Å². The van der Waals surface area contributed by atoms with E-state index in [1.807, 2.05) is 13.0 Å². The van der Waals surface area contributed by atoms with Crippen LogP contribution < -0.4 is 4.90 Å². The molecule has 5 nitrogen and oxygen atoms in total. The number of aryl methyl sites for hydroxylation is 1. The lowest BCUT2D eigenvalue weighted by molar-refractivity contribution is -0.0878. The largest absolute Gasteiger partial charge is 0.372 e. The van der Waals surface area contributed by atoms with Crippen LogP contribution in [0.25, 0.3) is 0 Å². The van der Waals surface area contributed by atoms with Crippen LogP contribution in [0, 0.1) is 6.92 Å². The maximum Gasteiger partial charge on any atom is 0.211 e. The van der Waals surface area contributed by atoms with E-state index in [0.29, 0.717) is 11.3 Å². The van der Waals surface area contributed by atoms with Crippen LogP contribution in [0.2, 0.25) is 0 Å². The van der Waals surface area contributed by atoms with Crippen LogP contribution in [0.3, 0.4) is 0 Å². The molecule has 3 aromatic carbocycles.